The molecule has 0 aromatic heterocycles. The zero-order chi connectivity index (χ0) is 25.9. The highest BCUT2D eigenvalue weighted by atomic mass is 35.5. The fourth-order valence-electron chi connectivity index (χ4n) is 5.93. The second-order valence-electron chi connectivity index (χ2n) is 10.9. The number of nitrogens with zero attached hydrogens (tertiary/aromatic N) is 1. The predicted octanol–water partition coefficient (Wildman–Crippen LogP) is 6.23. The van der Waals surface area contributed by atoms with Crippen molar-refractivity contribution in [2.45, 2.75) is 87.3 Å². The van der Waals surface area contributed by atoms with Crippen molar-refractivity contribution < 1.29 is 22.3 Å². The summed E-state index contributed by atoms with van der Waals surface area (Å²) in [6, 6.07) is 8.91. The van der Waals surface area contributed by atoms with Crippen LogP contribution in [0.1, 0.15) is 78.8 Å². The number of benzene rings is 2. The van der Waals surface area contributed by atoms with E-state index in [4.69, 9.17) is 27.9 Å². The maximum absolute atomic E-state index is 15.2. The number of halogens is 4. The molecular weight excluding hydrogens is 574 g/mol. The van der Waals surface area contributed by atoms with E-state index in [0.29, 0.717) is 47.3 Å². The molecule has 4 aliphatic rings. The maximum Gasteiger partial charge on any atom is 0.267 e. The van der Waals surface area contributed by atoms with Crippen molar-refractivity contribution in [2.24, 2.45) is 0 Å². The smallest absolute Gasteiger partial charge is 0.267 e. The van der Waals surface area contributed by atoms with E-state index in [-0.39, 0.29) is 30.0 Å². The Hall–Kier alpha value is -1.58. The fourth-order valence-corrected chi connectivity index (χ4v) is 7.72. The minimum absolute atomic E-state index is 0. The molecule has 0 radical (unpaired) electrons. The molecule has 2 aliphatic carbocycles. The van der Waals surface area contributed by atoms with Crippen LogP contribution in [0.3, 0.4) is 0 Å². The van der Waals surface area contributed by atoms with Crippen LogP contribution in [0.2, 0.25) is 10.0 Å². The highest BCUT2D eigenvalue weighted by Crippen LogP contribution is 2.45. The topological polar surface area (TPSA) is 75.7 Å². The van der Waals surface area contributed by atoms with Crippen LogP contribution in [-0.4, -0.2) is 42.7 Å². The largest absolute Gasteiger partial charge is 0.490 e. The average molecular weight is 604 g/mol. The summed E-state index contributed by atoms with van der Waals surface area (Å²) in [5.41, 5.74) is 1.66. The Kier molecular flexibility index (Phi) is 7.93. The molecule has 11 heteroatoms. The summed E-state index contributed by atoms with van der Waals surface area (Å²) in [5.74, 6) is -0.595. The van der Waals surface area contributed by atoms with Crippen LogP contribution in [-0.2, 0) is 16.6 Å². The first-order valence-electron chi connectivity index (χ1n) is 12.9. The van der Waals surface area contributed by atoms with Crippen molar-refractivity contribution in [1.29, 1.82) is 0 Å². The lowest BCUT2D eigenvalue weighted by Gasteiger charge is -2.39. The normalized spacial score (nSPS) is 25.1. The van der Waals surface area contributed by atoms with Crippen molar-refractivity contribution in [1.82, 2.24) is 9.62 Å². The summed E-state index contributed by atoms with van der Waals surface area (Å²) in [6.45, 7) is 0.607. The zero-order valence-corrected chi connectivity index (χ0v) is 23.8. The standard InChI is InChI=1S/C27H29Cl2FN2O4S.ClH/c28-17-8-18(29)10-21(9-17)36-22-11-19-3-4-20(12-22)32(19)14-16-7-26(30)25(13-24(16)15-1-2-15)27(33)31-37(34,35)23-5-6-23;/h7-10,13,15,19-20,22-23H,1-6,11-12,14H2,(H,31,33);1H/t19-,20+,22?;. The summed E-state index contributed by atoms with van der Waals surface area (Å²) < 4.78 is 47.9. The third-order valence-electron chi connectivity index (χ3n) is 8.02. The number of rotatable bonds is 8. The van der Waals surface area contributed by atoms with Gasteiger partial charge in [0, 0.05) is 28.7 Å². The van der Waals surface area contributed by atoms with Gasteiger partial charge in [-0.15, -0.1) is 12.4 Å². The summed E-state index contributed by atoms with van der Waals surface area (Å²) in [5, 5.41) is 0.541. The van der Waals surface area contributed by atoms with Gasteiger partial charge in [0.1, 0.15) is 17.7 Å². The summed E-state index contributed by atoms with van der Waals surface area (Å²) >= 11 is 12.3. The number of hydrogen-bond acceptors (Lipinski definition) is 5. The van der Waals surface area contributed by atoms with E-state index in [9.17, 15) is 13.2 Å². The fraction of sp³-hybridized carbons (Fsp3) is 0.519. The lowest BCUT2D eigenvalue weighted by atomic mass is 9.95. The molecule has 4 fully saturated rings. The van der Waals surface area contributed by atoms with E-state index >= 15 is 4.39 Å². The molecule has 0 spiro atoms. The van der Waals surface area contributed by atoms with E-state index < -0.39 is 27.0 Å². The molecule has 2 bridgehead atoms. The highest BCUT2D eigenvalue weighted by molar-refractivity contribution is 7.91. The van der Waals surface area contributed by atoms with E-state index in [2.05, 4.69) is 9.62 Å². The SMILES string of the molecule is Cl.O=C(NS(=O)(=O)C1CC1)c1cc(C2CC2)c(CN2[C@@H]3CC[C@H]2CC(Oc2cc(Cl)cc(Cl)c2)C3)cc1F. The Balaban J connectivity index is 0.00000294. The molecule has 38 heavy (non-hydrogen) atoms. The van der Waals surface area contributed by atoms with Crippen LogP contribution >= 0.6 is 35.6 Å². The van der Waals surface area contributed by atoms with Gasteiger partial charge < -0.3 is 4.74 Å². The Morgan fingerprint density at radius 3 is 2.18 bits per heavy atom. The summed E-state index contributed by atoms with van der Waals surface area (Å²) in [4.78, 5) is 15.1. The molecule has 206 valence electrons. The molecule has 1 amide bonds. The summed E-state index contributed by atoms with van der Waals surface area (Å²) in [6.07, 6.45) is 6.95. The molecule has 3 atom stereocenters. The lowest BCUT2D eigenvalue weighted by Crippen LogP contribution is -2.45. The third-order valence-corrected chi connectivity index (χ3v) is 10.3. The first-order chi connectivity index (χ1) is 17.7. The predicted molar refractivity (Wildman–Crippen MR) is 147 cm³/mol. The molecule has 2 aromatic rings. The monoisotopic (exact) mass is 602 g/mol. The number of amides is 1. The van der Waals surface area contributed by atoms with Crippen LogP contribution in [0.5, 0.6) is 5.75 Å². The minimum atomic E-state index is -3.74. The zero-order valence-electron chi connectivity index (χ0n) is 20.7. The molecule has 1 unspecified atom stereocenters. The number of carbonyl (C=O) groups is 1. The Labute approximate surface area is 238 Å². The molecule has 6 rings (SSSR count). The first kappa shape index (κ1) is 28.0. The Morgan fingerprint density at radius 2 is 1.61 bits per heavy atom. The van der Waals surface area contributed by atoms with Gasteiger partial charge in [-0.25, -0.2) is 17.5 Å². The van der Waals surface area contributed by atoms with Crippen molar-refractivity contribution in [3.8, 4) is 5.75 Å². The van der Waals surface area contributed by atoms with Crippen LogP contribution in [0.4, 0.5) is 4.39 Å². The van der Waals surface area contributed by atoms with E-state index in [0.717, 1.165) is 49.7 Å². The molecule has 2 heterocycles. The molecule has 2 aromatic carbocycles. The van der Waals surface area contributed by atoms with E-state index in [1.165, 1.54) is 6.07 Å². The molecular formula is C27H30Cl3FN2O4S. The van der Waals surface area contributed by atoms with Crippen molar-refractivity contribution in [3.05, 3.63) is 62.9 Å². The Morgan fingerprint density at radius 1 is 0.974 bits per heavy atom. The molecule has 6 nitrogen and oxygen atoms in total. The minimum Gasteiger partial charge on any atom is -0.490 e. The van der Waals surface area contributed by atoms with Crippen LogP contribution in [0.15, 0.2) is 30.3 Å². The van der Waals surface area contributed by atoms with Crippen LogP contribution < -0.4 is 9.46 Å². The molecule has 2 saturated heterocycles. The van der Waals surface area contributed by atoms with Crippen LogP contribution in [0.25, 0.3) is 0 Å². The number of carbonyl (C=O) groups excluding carboxylic acids is 1. The number of hydrogen-bond donors (Lipinski definition) is 1. The Bertz CT molecular complexity index is 1320. The van der Waals surface area contributed by atoms with Gasteiger partial charge in [0.25, 0.3) is 5.91 Å². The van der Waals surface area contributed by atoms with E-state index in [1.54, 1.807) is 24.3 Å². The molecule has 2 saturated carbocycles. The first-order valence-corrected chi connectivity index (χ1v) is 15.2. The van der Waals surface area contributed by atoms with Gasteiger partial charge in [-0.05, 0) is 98.7 Å². The number of ether oxygens (including phenoxy) is 1. The van der Waals surface area contributed by atoms with Gasteiger partial charge in [0.15, 0.2) is 0 Å². The number of nitrogens with one attached hydrogen (secondary N) is 1. The third kappa shape index (κ3) is 5.94. The quantitative estimate of drug-likeness (QED) is 0.387. The average Bonchev–Trinajstić information content (AvgIpc) is 3.71. The van der Waals surface area contributed by atoms with Gasteiger partial charge in [-0.3, -0.25) is 9.69 Å². The van der Waals surface area contributed by atoms with Gasteiger partial charge in [-0.1, -0.05) is 23.2 Å². The van der Waals surface area contributed by atoms with Gasteiger partial charge >= 0.3 is 0 Å². The number of piperidine rings is 1. The summed E-state index contributed by atoms with van der Waals surface area (Å²) in [7, 11) is -3.74. The number of sulfonamides is 1. The van der Waals surface area contributed by atoms with Crippen molar-refractivity contribution in [3.63, 3.8) is 0 Å². The maximum atomic E-state index is 15.2. The second kappa shape index (κ2) is 10.8. The van der Waals surface area contributed by atoms with Gasteiger partial charge in [-0.2, -0.15) is 0 Å². The van der Waals surface area contributed by atoms with Gasteiger partial charge in [0.2, 0.25) is 10.0 Å². The van der Waals surface area contributed by atoms with Crippen LogP contribution in [0, 0.1) is 5.82 Å². The second-order valence-corrected chi connectivity index (χ2v) is 13.7. The van der Waals surface area contributed by atoms with E-state index in [1.807, 2.05) is 0 Å². The molecule has 1 N–H and O–H groups in total. The highest BCUT2D eigenvalue weighted by Gasteiger charge is 2.42. The molecule has 2 aliphatic heterocycles. The number of fused-ring (bicyclic) bond motifs is 2. The van der Waals surface area contributed by atoms with Gasteiger partial charge in [0.05, 0.1) is 10.8 Å². The van der Waals surface area contributed by atoms with Crippen molar-refractivity contribution in [2.75, 3.05) is 0 Å². The lowest BCUT2D eigenvalue weighted by molar-refractivity contribution is 0.0443. The van der Waals surface area contributed by atoms with Crippen molar-refractivity contribution >= 4 is 51.5 Å².